The summed E-state index contributed by atoms with van der Waals surface area (Å²) in [4.78, 5) is 9.33. The van der Waals surface area contributed by atoms with E-state index in [-0.39, 0.29) is 0 Å². The first-order valence-electron chi connectivity index (χ1n) is 4.18. The summed E-state index contributed by atoms with van der Waals surface area (Å²) >= 11 is 1.70. The molecule has 2 aromatic heterocycles. The van der Waals surface area contributed by atoms with E-state index < -0.39 is 0 Å². The van der Waals surface area contributed by atoms with Gasteiger partial charge in [0.2, 0.25) is 5.95 Å². The highest BCUT2D eigenvalue weighted by atomic mass is 32.1. The Hall–Kier alpha value is -1.62. The van der Waals surface area contributed by atoms with Gasteiger partial charge in [-0.2, -0.15) is 0 Å². The molecule has 4 nitrogen and oxygen atoms in total. The maximum atomic E-state index is 5.47. The number of nitrogens with one attached hydrogen (secondary N) is 1. The molecule has 2 aromatic rings. The van der Waals surface area contributed by atoms with Crippen LogP contribution in [0.3, 0.4) is 0 Å². The molecule has 0 atom stereocenters. The number of anilines is 2. The van der Waals surface area contributed by atoms with Crippen molar-refractivity contribution in [2.45, 2.75) is 6.54 Å². The lowest BCUT2D eigenvalue weighted by molar-refractivity contribution is 1.07. The van der Waals surface area contributed by atoms with Gasteiger partial charge in [0.1, 0.15) is 0 Å². The molecule has 0 aliphatic heterocycles. The van der Waals surface area contributed by atoms with Crippen LogP contribution in [-0.2, 0) is 6.54 Å². The van der Waals surface area contributed by atoms with Gasteiger partial charge in [-0.3, -0.25) is 0 Å². The normalized spacial score (nSPS) is 10.0. The van der Waals surface area contributed by atoms with Gasteiger partial charge in [-0.25, -0.2) is 9.97 Å². The van der Waals surface area contributed by atoms with Crippen LogP contribution in [0.5, 0.6) is 0 Å². The maximum absolute atomic E-state index is 5.47. The fourth-order valence-electron chi connectivity index (χ4n) is 1.01. The molecular weight excluding hydrogens is 196 g/mol. The fourth-order valence-corrected chi connectivity index (χ4v) is 1.65. The van der Waals surface area contributed by atoms with Gasteiger partial charge in [-0.15, -0.1) is 11.3 Å². The number of rotatable bonds is 3. The van der Waals surface area contributed by atoms with Crippen molar-refractivity contribution in [3.63, 3.8) is 0 Å². The Labute approximate surface area is 85.8 Å². The van der Waals surface area contributed by atoms with Crippen LogP contribution in [0.15, 0.2) is 29.9 Å². The predicted octanol–water partition coefficient (Wildman–Crippen LogP) is 1.73. The Morgan fingerprint density at radius 2 is 2.14 bits per heavy atom. The molecule has 0 fully saturated rings. The Morgan fingerprint density at radius 1 is 1.36 bits per heavy atom. The molecule has 0 aromatic carbocycles. The Kier molecular flexibility index (Phi) is 2.60. The molecule has 0 saturated heterocycles. The van der Waals surface area contributed by atoms with Gasteiger partial charge in [0.25, 0.3) is 0 Å². The standard InChI is InChI=1S/C9H10N4S/c10-7-4-11-9(12-5-7)13-6-8-2-1-3-14-8/h1-5H,6,10H2,(H,11,12,13). The maximum Gasteiger partial charge on any atom is 0.223 e. The molecule has 0 aliphatic rings. The summed E-state index contributed by atoms with van der Waals surface area (Å²) in [7, 11) is 0. The molecule has 14 heavy (non-hydrogen) atoms. The zero-order valence-corrected chi connectivity index (χ0v) is 8.29. The molecule has 0 amide bonds. The number of nitrogen functional groups attached to an aromatic ring is 1. The highest BCUT2D eigenvalue weighted by Gasteiger charge is 1.96. The van der Waals surface area contributed by atoms with E-state index in [0.29, 0.717) is 11.6 Å². The zero-order valence-electron chi connectivity index (χ0n) is 7.47. The summed E-state index contributed by atoms with van der Waals surface area (Å²) in [6.07, 6.45) is 3.17. The lowest BCUT2D eigenvalue weighted by Gasteiger charge is -2.01. The minimum absolute atomic E-state index is 0.576. The van der Waals surface area contributed by atoms with Crippen molar-refractivity contribution >= 4 is 23.0 Å². The van der Waals surface area contributed by atoms with Crippen molar-refractivity contribution in [1.82, 2.24) is 9.97 Å². The van der Waals surface area contributed by atoms with Crippen molar-refractivity contribution in [2.75, 3.05) is 11.1 Å². The van der Waals surface area contributed by atoms with Crippen LogP contribution in [0.1, 0.15) is 4.88 Å². The second-order valence-corrected chi connectivity index (χ2v) is 3.81. The number of nitrogens with zero attached hydrogens (tertiary/aromatic N) is 2. The van der Waals surface area contributed by atoms with Gasteiger partial charge in [0.15, 0.2) is 0 Å². The summed E-state index contributed by atoms with van der Waals surface area (Å²) < 4.78 is 0. The second kappa shape index (κ2) is 4.06. The number of hydrogen-bond acceptors (Lipinski definition) is 5. The van der Waals surface area contributed by atoms with E-state index in [2.05, 4.69) is 21.4 Å². The van der Waals surface area contributed by atoms with E-state index in [4.69, 9.17) is 5.73 Å². The zero-order chi connectivity index (χ0) is 9.80. The predicted molar refractivity (Wildman–Crippen MR) is 58.1 cm³/mol. The number of aromatic nitrogens is 2. The van der Waals surface area contributed by atoms with Crippen LogP contribution in [0, 0.1) is 0 Å². The van der Waals surface area contributed by atoms with Crippen LogP contribution >= 0.6 is 11.3 Å². The first-order valence-corrected chi connectivity index (χ1v) is 5.06. The Bertz CT molecular complexity index is 382. The molecule has 0 aliphatic carbocycles. The molecule has 3 N–H and O–H groups in total. The van der Waals surface area contributed by atoms with Gasteiger partial charge in [0.05, 0.1) is 24.6 Å². The third-order valence-electron chi connectivity index (χ3n) is 1.67. The minimum Gasteiger partial charge on any atom is -0.396 e. The van der Waals surface area contributed by atoms with Gasteiger partial charge >= 0.3 is 0 Å². The van der Waals surface area contributed by atoms with Gasteiger partial charge < -0.3 is 11.1 Å². The average Bonchev–Trinajstić information content (AvgIpc) is 2.70. The lowest BCUT2D eigenvalue weighted by Crippen LogP contribution is -2.02. The smallest absolute Gasteiger partial charge is 0.223 e. The molecule has 2 heterocycles. The molecule has 0 saturated carbocycles. The van der Waals surface area contributed by atoms with Gasteiger partial charge in [-0.05, 0) is 11.4 Å². The quantitative estimate of drug-likeness (QED) is 0.802. The monoisotopic (exact) mass is 206 g/mol. The van der Waals surface area contributed by atoms with E-state index in [1.807, 2.05) is 11.4 Å². The fraction of sp³-hybridized carbons (Fsp3) is 0.111. The van der Waals surface area contributed by atoms with E-state index in [1.54, 1.807) is 23.7 Å². The molecule has 5 heteroatoms. The van der Waals surface area contributed by atoms with E-state index >= 15 is 0 Å². The molecular formula is C9H10N4S. The molecule has 0 spiro atoms. The average molecular weight is 206 g/mol. The summed E-state index contributed by atoms with van der Waals surface area (Å²) in [5.41, 5.74) is 6.04. The van der Waals surface area contributed by atoms with Crippen LogP contribution in [0.4, 0.5) is 11.6 Å². The minimum atomic E-state index is 0.576. The van der Waals surface area contributed by atoms with E-state index in [0.717, 1.165) is 6.54 Å². The van der Waals surface area contributed by atoms with Crippen LogP contribution in [0.25, 0.3) is 0 Å². The first kappa shape index (κ1) is 8.96. The van der Waals surface area contributed by atoms with Crippen molar-refractivity contribution in [2.24, 2.45) is 0 Å². The van der Waals surface area contributed by atoms with Crippen molar-refractivity contribution < 1.29 is 0 Å². The van der Waals surface area contributed by atoms with Crippen molar-refractivity contribution in [3.05, 3.63) is 34.8 Å². The van der Waals surface area contributed by atoms with E-state index in [1.165, 1.54) is 4.88 Å². The van der Waals surface area contributed by atoms with E-state index in [9.17, 15) is 0 Å². The molecule has 0 unspecified atom stereocenters. The van der Waals surface area contributed by atoms with Crippen LogP contribution in [0.2, 0.25) is 0 Å². The Morgan fingerprint density at radius 3 is 2.79 bits per heavy atom. The summed E-state index contributed by atoms with van der Waals surface area (Å²) in [5.74, 6) is 0.604. The second-order valence-electron chi connectivity index (χ2n) is 2.77. The number of hydrogen-bond donors (Lipinski definition) is 2. The SMILES string of the molecule is Nc1cnc(NCc2cccs2)nc1. The van der Waals surface area contributed by atoms with Gasteiger partial charge in [-0.1, -0.05) is 6.07 Å². The third-order valence-corrected chi connectivity index (χ3v) is 2.55. The van der Waals surface area contributed by atoms with Gasteiger partial charge in [0, 0.05) is 4.88 Å². The van der Waals surface area contributed by atoms with Crippen LogP contribution in [-0.4, -0.2) is 9.97 Å². The topological polar surface area (TPSA) is 63.8 Å². The highest BCUT2D eigenvalue weighted by Crippen LogP contribution is 2.10. The lowest BCUT2D eigenvalue weighted by atomic mass is 10.5. The summed E-state index contributed by atoms with van der Waals surface area (Å²) in [6, 6.07) is 4.08. The molecule has 0 radical (unpaired) electrons. The van der Waals surface area contributed by atoms with Crippen molar-refractivity contribution in [1.29, 1.82) is 0 Å². The largest absolute Gasteiger partial charge is 0.396 e. The summed E-state index contributed by atoms with van der Waals surface area (Å²) in [5, 5.41) is 5.15. The van der Waals surface area contributed by atoms with Crippen LogP contribution < -0.4 is 11.1 Å². The molecule has 72 valence electrons. The first-order chi connectivity index (χ1) is 6.84. The Balaban J connectivity index is 1.95. The number of thiophene rings is 1. The summed E-state index contributed by atoms with van der Waals surface area (Å²) in [6.45, 7) is 0.752. The molecule has 2 rings (SSSR count). The molecule has 0 bridgehead atoms. The highest BCUT2D eigenvalue weighted by molar-refractivity contribution is 7.09. The number of nitrogens with two attached hydrogens (primary N) is 1. The third kappa shape index (κ3) is 2.20. The van der Waals surface area contributed by atoms with Crippen molar-refractivity contribution in [3.8, 4) is 0 Å².